The molecule has 0 unspecified atom stereocenters. The van der Waals surface area contributed by atoms with Gasteiger partial charge < -0.3 is 29.9 Å². The van der Waals surface area contributed by atoms with Crippen LogP contribution in [0.3, 0.4) is 0 Å². The van der Waals surface area contributed by atoms with Gasteiger partial charge in [-0.1, -0.05) is 26.8 Å². The van der Waals surface area contributed by atoms with Crippen molar-refractivity contribution in [2.24, 2.45) is 5.73 Å². The number of rotatable bonds is 7. The first-order chi connectivity index (χ1) is 15.1. The van der Waals surface area contributed by atoms with Crippen molar-refractivity contribution < 1.29 is 19.1 Å². The molecule has 0 spiro atoms. The van der Waals surface area contributed by atoms with Crippen molar-refractivity contribution in [3.8, 4) is 5.75 Å². The number of ether oxygens (including phenoxy) is 1. The lowest BCUT2D eigenvalue weighted by molar-refractivity contribution is 0.0164. The van der Waals surface area contributed by atoms with E-state index in [1.807, 2.05) is 20.8 Å². The average molecular weight is 478 g/mol. The molecule has 0 saturated heterocycles. The zero-order valence-corrected chi connectivity index (χ0v) is 22.1. The molecule has 2 rings (SSSR count). The number of aromatic amines is 1. The van der Waals surface area contributed by atoms with Crippen LogP contribution >= 0.6 is 0 Å². The maximum atomic E-state index is 13.0. The normalized spacial score (nSPS) is 13.7. The standard InChI is InChI=1S/C24H39N3O5Si/c1-23(2,3)31-22(30)27(14-13-25)15-19(32-33(7,8)24(4,5)6)16-9-11-18(28)21-17(16)10-12-20(29)26-21/h9-12,19,28H,13-15,25H2,1-8H3,(H,26,29)/t19-/m0/s1. The van der Waals surface area contributed by atoms with Crippen LogP contribution in [0.5, 0.6) is 5.75 Å². The van der Waals surface area contributed by atoms with Gasteiger partial charge in [-0.25, -0.2) is 4.79 Å². The Morgan fingerprint density at radius 3 is 2.33 bits per heavy atom. The second kappa shape index (κ2) is 9.86. The Bertz CT molecular complexity index is 1040. The molecule has 2 aromatic rings. The van der Waals surface area contributed by atoms with Gasteiger partial charge in [0, 0.05) is 24.5 Å². The lowest BCUT2D eigenvalue weighted by Gasteiger charge is -2.41. The van der Waals surface area contributed by atoms with Crippen molar-refractivity contribution in [3.05, 3.63) is 40.2 Å². The summed E-state index contributed by atoms with van der Waals surface area (Å²) >= 11 is 0. The molecule has 1 aromatic carbocycles. The summed E-state index contributed by atoms with van der Waals surface area (Å²) in [6, 6.07) is 6.41. The van der Waals surface area contributed by atoms with Crippen LogP contribution in [0.1, 0.15) is 53.2 Å². The number of nitrogens with two attached hydrogens (primary N) is 1. The van der Waals surface area contributed by atoms with Gasteiger partial charge in [-0.2, -0.15) is 0 Å². The Hall–Kier alpha value is -2.36. The van der Waals surface area contributed by atoms with Crippen molar-refractivity contribution in [2.75, 3.05) is 19.6 Å². The minimum atomic E-state index is -2.28. The van der Waals surface area contributed by atoms with Crippen LogP contribution in [0.2, 0.25) is 18.1 Å². The van der Waals surface area contributed by atoms with Crippen LogP contribution in [-0.2, 0) is 9.16 Å². The van der Waals surface area contributed by atoms with Crippen LogP contribution in [0, 0.1) is 0 Å². The topological polar surface area (TPSA) is 118 Å². The summed E-state index contributed by atoms with van der Waals surface area (Å²) in [7, 11) is -2.28. The number of nitrogens with one attached hydrogen (secondary N) is 1. The minimum Gasteiger partial charge on any atom is -0.506 e. The smallest absolute Gasteiger partial charge is 0.410 e. The molecule has 184 valence electrons. The molecule has 1 atom stereocenters. The maximum absolute atomic E-state index is 13.0. The number of aromatic hydroxyl groups is 1. The van der Waals surface area contributed by atoms with Gasteiger partial charge in [0.1, 0.15) is 11.4 Å². The summed E-state index contributed by atoms with van der Waals surface area (Å²) in [6.45, 7) is 17.0. The lowest BCUT2D eigenvalue weighted by Crippen LogP contribution is -2.46. The number of nitrogens with zero attached hydrogens (tertiary/aromatic N) is 1. The summed E-state index contributed by atoms with van der Waals surface area (Å²) in [5.74, 6) is -0.0246. The third kappa shape index (κ3) is 6.81. The van der Waals surface area contributed by atoms with Crippen molar-refractivity contribution in [2.45, 2.75) is 71.4 Å². The molecule has 0 saturated carbocycles. The number of phenols is 1. The number of aromatic nitrogens is 1. The number of pyridine rings is 1. The predicted octanol–water partition coefficient (Wildman–Crippen LogP) is 4.49. The summed E-state index contributed by atoms with van der Waals surface area (Å²) in [6.07, 6.45) is -0.979. The number of fused-ring (bicyclic) bond motifs is 1. The molecular formula is C24H39N3O5Si. The third-order valence-electron chi connectivity index (χ3n) is 5.93. The Labute approximate surface area is 197 Å². The zero-order chi connectivity index (χ0) is 25.2. The molecule has 8 nitrogen and oxygen atoms in total. The number of carbonyl (C=O) groups is 1. The first-order valence-corrected chi connectivity index (χ1v) is 14.2. The maximum Gasteiger partial charge on any atom is 0.410 e. The minimum absolute atomic E-state index is 0.0246. The van der Waals surface area contributed by atoms with Gasteiger partial charge in [-0.05, 0) is 56.6 Å². The molecule has 1 heterocycles. The van der Waals surface area contributed by atoms with E-state index in [0.717, 1.165) is 5.56 Å². The second-order valence-corrected chi connectivity index (χ2v) is 15.6. The quantitative estimate of drug-likeness (QED) is 0.506. The lowest BCUT2D eigenvalue weighted by atomic mass is 10.0. The Kier molecular flexibility index (Phi) is 8.04. The summed E-state index contributed by atoms with van der Waals surface area (Å²) < 4.78 is 12.4. The highest BCUT2D eigenvalue weighted by molar-refractivity contribution is 6.74. The molecule has 9 heteroatoms. The fourth-order valence-electron chi connectivity index (χ4n) is 3.21. The van der Waals surface area contributed by atoms with Crippen LogP contribution in [0.15, 0.2) is 29.1 Å². The van der Waals surface area contributed by atoms with Gasteiger partial charge in [0.2, 0.25) is 5.56 Å². The van der Waals surface area contributed by atoms with Crippen molar-refractivity contribution in [1.82, 2.24) is 9.88 Å². The molecule has 0 bridgehead atoms. The van der Waals surface area contributed by atoms with Gasteiger partial charge in [-0.15, -0.1) is 0 Å². The van der Waals surface area contributed by atoms with Crippen LogP contribution in [0.4, 0.5) is 4.79 Å². The third-order valence-corrected chi connectivity index (χ3v) is 10.4. The van der Waals surface area contributed by atoms with Crippen molar-refractivity contribution >= 4 is 25.3 Å². The first-order valence-electron chi connectivity index (χ1n) is 11.3. The van der Waals surface area contributed by atoms with E-state index < -0.39 is 26.1 Å². The number of carbonyl (C=O) groups excluding carboxylic acids is 1. The molecule has 33 heavy (non-hydrogen) atoms. The van der Waals surface area contributed by atoms with E-state index in [0.29, 0.717) is 17.4 Å². The second-order valence-electron chi connectivity index (χ2n) is 10.9. The SMILES string of the molecule is CC(C)(C)OC(=O)N(CCN)C[C@H](O[Si](C)(C)C(C)(C)C)c1ccc(O)c2[nH]c(=O)ccc12. The fraction of sp³-hybridized carbons (Fsp3) is 0.583. The van der Waals surface area contributed by atoms with E-state index in [9.17, 15) is 14.7 Å². The number of amides is 1. The van der Waals surface area contributed by atoms with Gasteiger partial charge in [0.15, 0.2) is 8.32 Å². The Balaban J connectivity index is 2.59. The highest BCUT2D eigenvalue weighted by Crippen LogP contribution is 2.41. The monoisotopic (exact) mass is 477 g/mol. The number of H-pyrrole nitrogens is 1. The average Bonchev–Trinajstić information content (AvgIpc) is 2.65. The van der Waals surface area contributed by atoms with E-state index in [-0.39, 0.29) is 29.4 Å². The van der Waals surface area contributed by atoms with Crippen LogP contribution in [0.25, 0.3) is 10.9 Å². The molecule has 1 aromatic heterocycles. The Morgan fingerprint density at radius 1 is 1.15 bits per heavy atom. The van der Waals surface area contributed by atoms with E-state index in [1.165, 1.54) is 12.1 Å². The van der Waals surface area contributed by atoms with Crippen LogP contribution in [-0.4, -0.2) is 54.6 Å². The van der Waals surface area contributed by atoms with E-state index in [2.05, 4.69) is 38.8 Å². The Morgan fingerprint density at radius 2 is 1.79 bits per heavy atom. The van der Waals surface area contributed by atoms with Crippen LogP contribution < -0.4 is 11.3 Å². The number of phenolic OH excluding ortho intramolecular Hbond substituents is 1. The van der Waals surface area contributed by atoms with Gasteiger partial charge in [0.25, 0.3) is 0 Å². The molecule has 0 radical (unpaired) electrons. The van der Waals surface area contributed by atoms with E-state index >= 15 is 0 Å². The molecule has 0 aliphatic heterocycles. The highest BCUT2D eigenvalue weighted by Gasteiger charge is 2.40. The summed E-state index contributed by atoms with van der Waals surface area (Å²) in [5, 5.41) is 10.9. The number of benzene rings is 1. The number of hydrogen-bond acceptors (Lipinski definition) is 6. The molecule has 0 aliphatic rings. The van der Waals surface area contributed by atoms with Gasteiger partial charge >= 0.3 is 6.09 Å². The van der Waals surface area contributed by atoms with Crippen molar-refractivity contribution in [3.63, 3.8) is 0 Å². The van der Waals surface area contributed by atoms with Crippen molar-refractivity contribution in [1.29, 1.82) is 0 Å². The number of hydrogen-bond donors (Lipinski definition) is 3. The molecule has 0 aliphatic carbocycles. The van der Waals surface area contributed by atoms with Gasteiger partial charge in [0.05, 0.1) is 18.2 Å². The highest BCUT2D eigenvalue weighted by atomic mass is 28.4. The summed E-state index contributed by atoms with van der Waals surface area (Å²) in [5.41, 5.74) is 5.97. The zero-order valence-electron chi connectivity index (χ0n) is 21.1. The molecule has 0 fully saturated rings. The summed E-state index contributed by atoms with van der Waals surface area (Å²) in [4.78, 5) is 29.1. The van der Waals surface area contributed by atoms with E-state index in [1.54, 1.807) is 17.0 Å². The fourth-order valence-corrected chi connectivity index (χ4v) is 4.48. The van der Waals surface area contributed by atoms with E-state index in [4.69, 9.17) is 14.9 Å². The first kappa shape index (κ1) is 26.9. The molecular weight excluding hydrogens is 438 g/mol. The molecule has 1 amide bonds. The van der Waals surface area contributed by atoms with Gasteiger partial charge in [-0.3, -0.25) is 4.79 Å². The molecule has 4 N–H and O–H groups in total. The predicted molar refractivity (Wildman–Crippen MR) is 134 cm³/mol. The largest absolute Gasteiger partial charge is 0.506 e.